The first kappa shape index (κ1) is 19.3. The molecule has 0 atom stereocenters. The van der Waals surface area contributed by atoms with Crippen molar-refractivity contribution in [1.82, 2.24) is 20.1 Å². The van der Waals surface area contributed by atoms with Gasteiger partial charge in [-0.15, -0.1) is 10.2 Å². The van der Waals surface area contributed by atoms with Gasteiger partial charge in [0, 0.05) is 24.7 Å². The molecule has 9 heteroatoms. The number of nitrogens with zero attached hydrogens (tertiary/aromatic N) is 4. The summed E-state index contributed by atoms with van der Waals surface area (Å²) in [5.41, 5.74) is 0.208. The van der Waals surface area contributed by atoms with Gasteiger partial charge in [-0.05, 0) is 36.7 Å². The predicted molar refractivity (Wildman–Crippen MR) is 102 cm³/mol. The summed E-state index contributed by atoms with van der Waals surface area (Å²) in [6.45, 7) is 0. The number of nitro groups is 1. The molecule has 1 N–H and O–H groups in total. The molecular formula is C18H23N5O3S. The average Bonchev–Trinajstić information content (AvgIpc) is 3.02. The minimum atomic E-state index is -0.467. The zero-order valence-corrected chi connectivity index (χ0v) is 16.1. The van der Waals surface area contributed by atoms with Crippen molar-refractivity contribution in [2.24, 2.45) is 7.05 Å². The monoisotopic (exact) mass is 389 g/mol. The van der Waals surface area contributed by atoms with Crippen LogP contribution in [0.3, 0.4) is 0 Å². The van der Waals surface area contributed by atoms with Crippen LogP contribution >= 0.6 is 11.8 Å². The highest BCUT2D eigenvalue weighted by molar-refractivity contribution is 7.99. The molecule has 8 nitrogen and oxygen atoms in total. The highest BCUT2D eigenvalue weighted by Crippen LogP contribution is 2.34. The lowest BCUT2D eigenvalue weighted by Crippen LogP contribution is -2.35. The first-order valence-corrected chi connectivity index (χ1v) is 9.97. The summed E-state index contributed by atoms with van der Waals surface area (Å²) in [6, 6.07) is 4.72. The van der Waals surface area contributed by atoms with Crippen molar-refractivity contribution >= 4 is 23.4 Å². The van der Waals surface area contributed by atoms with E-state index in [-0.39, 0.29) is 17.6 Å². The number of rotatable bonds is 5. The van der Waals surface area contributed by atoms with E-state index in [1.54, 1.807) is 23.7 Å². The molecule has 0 spiro atoms. The molecule has 3 rings (SSSR count). The average molecular weight is 389 g/mol. The van der Waals surface area contributed by atoms with E-state index in [0.29, 0.717) is 15.6 Å². The fourth-order valence-electron chi connectivity index (χ4n) is 3.22. The minimum absolute atomic E-state index is 0.103. The lowest BCUT2D eigenvalue weighted by molar-refractivity contribution is -0.387. The highest BCUT2D eigenvalue weighted by Gasteiger charge is 2.21. The number of amides is 1. The van der Waals surface area contributed by atoms with Crippen LogP contribution in [0.4, 0.5) is 5.69 Å². The Morgan fingerprint density at radius 3 is 2.59 bits per heavy atom. The molecule has 0 unspecified atom stereocenters. The van der Waals surface area contributed by atoms with Gasteiger partial charge in [-0.25, -0.2) is 0 Å². The molecule has 1 aromatic carbocycles. The van der Waals surface area contributed by atoms with E-state index in [0.717, 1.165) is 37.4 Å². The molecule has 1 aliphatic carbocycles. The summed E-state index contributed by atoms with van der Waals surface area (Å²) >= 11 is 1.15. The van der Waals surface area contributed by atoms with E-state index >= 15 is 0 Å². The van der Waals surface area contributed by atoms with E-state index in [9.17, 15) is 14.9 Å². The van der Waals surface area contributed by atoms with Gasteiger partial charge in [-0.1, -0.05) is 32.1 Å². The molecule has 1 aliphatic rings. The summed E-state index contributed by atoms with van der Waals surface area (Å²) < 4.78 is 1.68. The first-order valence-electron chi connectivity index (χ1n) is 9.16. The number of aryl methyl sites for hydroxylation is 1. The predicted octanol–water partition coefficient (Wildman–Crippen LogP) is 3.72. The van der Waals surface area contributed by atoms with Crippen molar-refractivity contribution in [2.45, 2.75) is 61.0 Å². The lowest BCUT2D eigenvalue weighted by atomic mass is 9.96. The van der Waals surface area contributed by atoms with Gasteiger partial charge in [0.2, 0.25) is 0 Å². The van der Waals surface area contributed by atoms with E-state index in [2.05, 4.69) is 15.5 Å². The number of carbonyl (C=O) groups excluding carboxylic acids is 1. The Hall–Kier alpha value is -2.42. The number of hydrogen-bond acceptors (Lipinski definition) is 6. The standard InChI is InChI=1S/C18H23N5O3S/c1-22-12-19-21-18(22)27-16-10-9-13(11-15(16)23(25)26)17(24)20-14-7-5-3-2-4-6-8-14/h9-12,14H,2-8H2,1H3,(H,20,24). The summed E-state index contributed by atoms with van der Waals surface area (Å²) in [6.07, 6.45) is 9.35. The molecule has 0 bridgehead atoms. The molecule has 1 fully saturated rings. The molecule has 144 valence electrons. The molecule has 1 aromatic heterocycles. The second-order valence-corrected chi connectivity index (χ2v) is 7.79. The maximum atomic E-state index is 12.6. The molecule has 0 aliphatic heterocycles. The Morgan fingerprint density at radius 2 is 1.96 bits per heavy atom. The van der Waals surface area contributed by atoms with Gasteiger partial charge in [0.1, 0.15) is 6.33 Å². The van der Waals surface area contributed by atoms with Crippen molar-refractivity contribution in [3.8, 4) is 0 Å². The third kappa shape index (κ3) is 5.06. The van der Waals surface area contributed by atoms with E-state index in [4.69, 9.17) is 0 Å². The summed E-state index contributed by atoms with van der Waals surface area (Å²) in [5.74, 6) is -0.251. The van der Waals surface area contributed by atoms with Crippen LogP contribution in [-0.2, 0) is 7.05 Å². The topological polar surface area (TPSA) is 103 Å². The fraction of sp³-hybridized carbons (Fsp3) is 0.500. The van der Waals surface area contributed by atoms with Gasteiger partial charge in [0.25, 0.3) is 11.6 Å². The lowest BCUT2D eigenvalue weighted by Gasteiger charge is -2.21. The van der Waals surface area contributed by atoms with Gasteiger partial charge in [0.15, 0.2) is 5.16 Å². The molecule has 2 aromatic rings. The number of carbonyl (C=O) groups is 1. The number of benzene rings is 1. The normalized spacial score (nSPS) is 15.7. The van der Waals surface area contributed by atoms with Crippen molar-refractivity contribution in [3.63, 3.8) is 0 Å². The number of nitrogens with one attached hydrogen (secondary N) is 1. The third-order valence-corrected chi connectivity index (χ3v) is 5.85. The van der Waals surface area contributed by atoms with Crippen LogP contribution in [0, 0.1) is 10.1 Å². The summed E-state index contributed by atoms with van der Waals surface area (Å²) in [5, 5.41) is 22.8. The van der Waals surface area contributed by atoms with Crippen LogP contribution in [0.1, 0.15) is 55.3 Å². The van der Waals surface area contributed by atoms with Crippen molar-refractivity contribution in [1.29, 1.82) is 0 Å². The molecule has 1 heterocycles. The maximum Gasteiger partial charge on any atom is 0.284 e. The van der Waals surface area contributed by atoms with Crippen LogP contribution in [-0.4, -0.2) is 31.6 Å². The molecule has 0 saturated heterocycles. The number of aromatic nitrogens is 3. The van der Waals surface area contributed by atoms with Crippen molar-refractivity contribution in [3.05, 3.63) is 40.2 Å². The van der Waals surface area contributed by atoms with Crippen molar-refractivity contribution < 1.29 is 9.72 Å². The molecule has 1 saturated carbocycles. The zero-order chi connectivity index (χ0) is 19.2. The zero-order valence-electron chi connectivity index (χ0n) is 15.3. The molecule has 1 amide bonds. The van der Waals surface area contributed by atoms with E-state index in [1.807, 2.05) is 0 Å². The quantitative estimate of drug-likeness (QED) is 0.617. The van der Waals surface area contributed by atoms with Gasteiger partial charge < -0.3 is 9.88 Å². The Kier molecular flexibility index (Phi) is 6.44. The van der Waals surface area contributed by atoms with Crippen LogP contribution in [0.25, 0.3) is 0 Å². The Balaban J connectivity index is 1.75. The maximum absolute atomic E-state index is 12.6. The van der Waals surface area contributed by atoms with Crippen LogP contribution < -0.4 is 5.32 Å². The Morgan fingerprint density at radius 1 is 1.26 bits per heavy atom. The van der Waals surface area contributed by atoms with E-state index in [1.165, 1.54) is 31.7 Å². The SMILES string of the molecule is Cn1cnnc1Sc1ccc(C(=O)NC2CCCCCCC2)cc1[N+](=O)[O-]. The Bertz CT molecular complexity index is 815. The molecular weight excluding hydrogens is 366 g/mol. The van der Waals surface area contributed by atoms with Crippen LogP contribution in [0.5, 0.6) is 0 Å². The van der Waals surface area contributed by atoms with Crippen molar-refractivity contribution in [2.75, 3.05) is 0 Å². The van der Waals surface area contributed by atoms with E-state index < -0.39 is 4.92 Å². The summed E-state index contributed by atoms with van der Waals surface area (Å²) in [4.78, 5) is 24.1. The number of nitro benzene ring substituents is 1. The smallest absolute Gasteiger partial charge is 0.284 e. The summed E-state index contributed by atoms with van der Waals surface area (Å²) in [7, 11) is 1.77. The third-order valence-electron chi connectivity index (χ3n) is 4.73. The van der Waals surface area contributed by atoms with Gasteiger partial charge >= 0.3 is 0 Å². The molecule has 0 radical (unpaired) electrons. The van der Waals surface area contributed by atoms with Gasteiger partial charge in [-0.3, -0.25) is 14.9 Å². The van der Waals surface area contributed by atoms with Gasteiger partial charge in [0.05, 0.1) is 9.82 Å². The first-order chi connectivity index (χ1) is 13.0. The van der Waals surface area contributed by atoms with Crippen LogP contribution in [0.2, 0.25) is 0 Å². The minimum Gasteiger partial charge on any atom is -0.349 e. The molecule has 27 heavy (non-hydrogen) atoms. The Labute approximate surface area is 161 Å². The highest BCUT2D eigenvalue weighted by atomic mass is 32.2. The van der Waals surface area contributed by atoms with Crippen LogP contribution in [0.15, 0.2) is 34.6 Å². The number of hydrogen-bond donors (Lipinski definition) is 1. The largest absolute Gasteiger partial charge is 0.349 e. The fourth-order valence-corrected chi connectivity index (χ4v) is 4.07. The second-order valence-electron chi connectivity index (χ2n) is 6.78. The second kappa shape index (κ2) is 8.98. The van der Waals surface area contributed by atoms with Gasteiger partial charge in [-0.2, -0.15) is 0 Å².